The predicted octanol–water partition coefficient (Wildman–Crippen LogP) is 3.09. The Morgan fingerprint density at radius 3 is 2.46 bits per heavy atom. The van der Waals surface area contributed by atoms with Gasteiger partial charge in [0.15, 0.2) is 0 Å². The van der Waals surface area contributed by atoms with Crippen LogP contribution in [0.25, 0.3) is 0 Å². The van der Waals surface area contributed by atoms with E-state index in [9.17, 15) is 4.79 Å². The largest absolute Gasteiger partial charge is 0.460 e. The third-order valence-corrected chi connectivity index (χ3v) is 4.02. The number of rotatable bonds is 5. The van der Waals surface area contributed by atoms with Gasteiger partial charge in [0.25, 0.3) is 0 Å². The maximum absolute atomic E-state index is 11.9. The lowest BCUT2D eigenvalue weighted by Gasteiger charge is -2.28. The van der Waals surface area contributed by atoms with E-state index in [0.717, 1.165) is 31.2 Å². The van der Waals surface area contributed by atoms with Crippen LogP contribution in [-0.2, 0) is 11.3 Å². The molecule has 0 saturated heterocycles. The van der Waals surface area contributed by atoms with Gasteiger partial charge in [-0.15, -0.1) is 0 Å². The van der Waals surface area contributed by atoms with Crippen molar-refractivity contribution in [2.24, 2.45) is 0 Å². The van der Waals surface area contributed by atoms with Crippen LogP contribution in [0, 0.1) is 0 Å². The molecule has 1 aliphatic carbocycles. The minimum absolute atomic E-state index is 0.103. The molecule has 6 heteroatoms. The van der Waals surface area contributed by atoms with E-state index in [-0.39, 0.29) is 24.8 Å². The fourth-order valence-corrected chi connectivity index (χ4v) is 2.75. The zero-order chi connectivity index (χ0) is 16.6. The minimum atomic E-state index is -0.366. The van der Waals surface area contributed by atoms with Crippen molar-refractivity contribution in [2.45, 2.75) is 44.4 Å². The Morgan fingerprint density at radius 1 is 1.04 bits per heavy atom. The van der Waals surface area contributed by atoms with Crippen LogP contribution in [0.3, 0.4) is 0 Å². The minimum Gasteiger partial charge on any atom is -0.460 e. The van der Waals surface area contributed by atoms with Gasteiger partial charge in [0.05, 0.1) is 0 Å². The Bertz CT molecular complexity index is 628. The van der Waals surface area contributed by atoms with Crippen LogP contribution in [0.2, 0.25) is 0 Å². The van der Waals surface area contributed by atoms with Crippen LogP contribution in [0.4, 0.5) is 4.79 Å². The summed E-state index contributed by atoms with van der Waals surface area (Å²) < 4.78 is 11.0. The van der Waals surface area contributed by atoms with E-state index in [4.69, 9.17) is 9.47 Å². The molecule has 3 rings (SSSR count). The van der Waals surface area contributed by atoms with Gasteiger partial charge in [0.1, 0.15) is 12.7 Å². The number of ether oxygens (including phenoxy) is 2. The van der Waals surface area contributed by atoms with E-state index in [1.807, 2.05) is 30.3 Å². The average molecular weight is 327 g/mol. The fraction of sp³-hybridized carbons (Fsp3) is 0.389. The zero-order valence-electron chi connectivity index (χ0n) is 13.4. The Balaban J connectivity index is 1.36. The van der Waals surface area contributed by atoms with Crippen LogP contribution in [0.5, 0.6) is 6.01 Å². The molecule has 1 saturated carbocycles. The summed E-state index contributed by atoms with van der Waals surface area (Å²) in [4.78, 5) is 20.0. The average Bonchev–Trinajstić information content (AvgIpc) is 2.63. The molecule has 0 aliphatic heterocycles. The smallest absolute Gasteiger partial charge is 0.407 e. The van der Waals surface area contributed by atoms with Gasteiger partial charge in [-0.05, 0) is 37.3 Å². The summed E-state index contributed by atoms with van der Waals surface area (Å²) in [6, 6.07) is 12.0. The third kappa shape index (κ3) is 4.94. The topological polar surface area (TPSA) is 73.3 Å². The van der Waals surface area contributed by atoms with Crippen molar-refractivity contribution < 1.29 is 14.3 Å². The number of hydrogen-bond acceptors (Lipinski definition) is 5. The monoisotopic (exact) mass is 327 g/mol. The first-order valence-electron chi connectivity index (χ1n) is 8.20. The molecule has 0 spiro atoms. The van der Waals surface area contributed by atoms with Crippen molar-refractivity contribution in [3.8, 4) is 6.01 Å². The van der Waals surface area contributed by atoms with Crippen molar-refractivity contribution in [1.82, 2.24) is 15.3 Å². The molecule has 24 heavy (non-hydrogen) atoms. The highest BCUT2D eigenvalue weighted by molar-refractivity contribution is 5.67. The van der Waals surface area contributed by atoms with Crippen LogP contribution in [-0.4, -0.2) is 28.2 Å². The molecule has 1 aromatic heterocycles. The van der Waals surface area contributed by atoms with Gasteiger partial charge in [0, 0.05) is 18.4 Å². The van der Waals surface area contributed by atoms with Gasteiger partial charge in [-0.3, -0.25) is 0 Å². The molecule has 0 bridgehead atoms. The lowest BCUT2D eigenvalue weighted by molar-refractivity contribution is 0.111. The number of alkyl carbamates (subject to hydrolysis) is 1. The molecular weight excluding hydrogens is 306 g/mol. The van der Waals surface area contributed by atoms with Crippen LogP contribution in [0.15, 0.2) is 48.8 Å². The number of nitrogens with one attached hydrogen (secondary N) is 1. The molecule has 2 aromatic rings. The van der Waals surface area contributed by atoms with Gasteiger partial charge in [-0.25, -0.2) is 14.8 Å². The predicted molar refractivity (Wildman–Crippen MR) is 88.5 cm³/mol. The molecule has 0 atom stereocenters. The lowest BCUT2D eigenvalue weighted by Crippen LogP contribution is -2.40. The van der Waals surface area contributed by atoms with Gasteiger partial charge in [0.2, 0.25) is 0 Å². The van der Waals surface area contributed by atoms with Gasteiger partial charge >= 0.3 is 12.1 Å². The Hall–Kier alpha value is -2.63. The second kappa shape index (κ2) is 8.29. The number of carbonyl (C=O) groups excluding carboxylic acids is 1. The third-order valence-electron chi connectivity index (χ3n) is 4.02. The molecular formula is C18H21N3O3. The molecule has 1 fully saturated rings. The molecule has 126 valence electrons. The molecule has 0 unspecified atom stereocenters. The Kier molecular flexibility index (Phi) is 5.61. The number of aromatic nitrogens is 2. The van der Waals surface area contributed by atoms with Crippen molar-refractivity contribution in [1.29, 1.82) is 0 Å². The number of nitrogens with zero attached hydrogens (tertiary/aromatic N) is 2. The summed E-state index contributed by atoms with van der Waals surface area (Å²) >= 11 is 0. The first-order valence-corrected chi connectivity index (χ1v) is 8.20. The molecule has 0 radical (unpaired) electrons. The number of benzene rings is 1. The van der Waals surface area contributed by atoms with Crippen molar-refractivity contribution in [2.75, 3.05) is 0 Å². The van der Waals surface area contributed by atoms with E-state index in [1.54, 1.807) is 18.5 Å². The molecule has 6 nitrogen and oxygen atoms in total. The molecule has 1 N–H and O–H groups in total. The van der Waals surface area contributed by atoms with Crippen molar-refractivity contribution in [3.05, 3.63) is 54.4 Å². The number of hydrogen-bond donors (Lipinski definition) is 1. The van der Waals surface area contributed by atoms with Crippen molar-refractivity contribution in [3.63, 3.8) is 0 Å². The van der Waals surface area contributed by atoms with Gasteiger partial charge in [-0.1, -0.05) is 30.3 Å². The summed E-state index contributed by atoms with van der Waals surface area (Å²) in [5.74, 6) is 0. The second-order valence-electron chi connectivity index (χ2n) is 5.83. The zero-order valence-corrected chi connectivity index (χ0v) is 13.4. The summed E-state index contributed by atoms with van der Waals surface area (Å²) in [7, 11) is 0. The van der Waals surface area contributed by atoms with Crippen LogP contribution >= 0.6 is 0 Å². The highest BCUT2D eigenvalue weighted by Gasteiger charge is 2.24. The highest BCUT2D eigenvalue weighted by atomic mass is 16.5. The molecule has 1 aliphatic rings. The first kappa shape index (κ1) is 16.2. The maximum Gasteiger partial charge on any atom is 0.407 e. The molecule has 1 amide bonds. The van der Waals surface area contributed by atoms with Gasteiger partial charge in [-0.2, -0.15) is 0 Å². The van der Waals surface area contributed by atoms with Gasteiger partial charge < -0.3 is 14.8 Å². The van der Waals surface area contributed by atoms with E-state index in [0.29, 0.717) is 6.01 Å². The summed E-state index contributed by atoms with van der Waals surface area (Å²) in [6.45, 7) is 0.288. The Labute approximate surface area is 141 Å². The molecule has 1 aromatic carbocycles. The summed E-state index contributed by atoms with van der Waals surface area (Å²) in [5.41, 5.74) is 0.979. The SMILES string of the molecule is O=C(NC1CCC(Oc2ncccn2)CC1)OCc1ccccc1. The second-order valence-corrected chi connectivity index (χ2v) is 5.83. The first-order chi connectivity index (χ1) is 11.8. The van der Waals surface area contributed by atoms with Crippen LogP contribution in [0.1, 0.15) is 31.2 Å². The van der Waals surface area contributed by atoms with E-state index >= 15 is 0 Å². The quantitative estimate of drug-likeness (QED) is 0.913. The number of amides is 1. The van der Waals surface area contributed by atoms with Crippen LogP contribution < -0.4 is 10.1 Å². The lowest BCUT2D eigenvalue weighted by atomic mass is 9.93. The standard InChI is InChI=1S/C18H21N3O3/c22-18(23-13-14-5-2-1-3-6-14)21-15-7-9-16(10-8-15)24-17-19-11-4-12-20-17/h1-6,11-12,15-16H,7-10,13H2,(H,21,22). The fourth-order valence-electron chi connectivity index (χ4n) is 2.75. The van der Waals surface area contributed by atoms with E-state index in [2.05, 4.69) is 15.3 Å². The van der Waals surface area contributed by atoms with E-state index < -0.39 is 0 Å². The van der Waals surface area contributed by atoms with E-state index in [1.165, 1.54) is 0 Å². The highest BCUT2D eigenvalue weighted by Crippen LogP contribution is 2.22. The molecule has 1 heterocycles. The number of carbonyl (C=O) groups is 1. The maximum atomic E-state index is 11.9. The van der Waals surface area contributed by atoms with Crippen molar-refractivity contribution >= 4 is 6.09 Å². The summed E-state index contributed by atoms with van der Waals surface area (Å²) in [5, 5.41) is 2.93. The summed E-state index contributed by atoms with van der Waals surface area (Å²) in [6.07, 6.45) is 6.51. The normalized spacial score (nSPS) is 20.2. The Morgan fingerprint density at radius 2 is 1.75 bits per heavy atom.